The Kier molecular flexibility index (Phi) is 4.36. The molecular weight excluding hydrogens is 248 g/mol. The van der Waals surface area contributed by atoms with Crippen molar-refractivity contribution in [2.45, 2.75) is 45.8 Å². The van der Waals surface area contributed by atoms with Crippen molar-refractivity contribution >= 4 is 18.7 Å². The summed E-state index contributed by atoms with van der Waals surface area (Å²) in [5.41, 5.74) is 6.65. The van der Waals surface area contributed by atoms with Gasteiger partial charge in [-0.25, -0.2) is 0 Å². The molecule has 0 unspecified atom stereocenters. The fraction of sp³-hybridized carbons (Fsp3) is 0.538. The first-order valence-corrected chi connectivity index (χ1v) is 6.29. The zero-order valence-electron chi connectivity index (χ0n) is 11.7. The third kappa shape index (κ3) is 3.19. The highest BCUT2D eigenvalue weighted by Crippen LogP contribution is 2.38. The van der Waals surface area contributed by atoms with Crippen molar-refractivity contribution in [2.24, 2.45) is 5.73 Å². The van der Waals surface area contributed by atoms with Gasteiger partial charge in [-0.15, -0.1) is 0 Å². The third-order valence-corrected chi connectivity index (χ3v) is 3.63. The lowest BCUT2D eigenvalue weighted by molar-refractivity contribution is 0.00578. The molecule has 0 spiro atoms. The van der Waals surface area contributed by atoms with E-state index >= 15 is 0 Å². The molecule has 100 valence electrons. The van der Waals surface area contributed by atoms with E-state index in [0.717, 1.165) is 5.47 Å². The van der Waals surface area contributed by atoms with E-state index in [-0.39, 0.29) is 11.2 Å². The topological polar surface area (TPSA) is 44.5 Å². The predicted molar refractivity (Wildman–Crippen MR) is 77.1 cm³/mol. The SMILES string of the molecule is C=C(Cl)/C=C\C(N)=C(/C)B1OC(C)(C)C(C)(C)O1. The fourth-order valence-electron chi connectivity index (χ4n) is 1.47. The van der Waals surface area contributed by atoms with Crippen molar-refractivity contribution in [1.82, 2.24) is 0 Å². The lowest BCUT2D eigenvalue weighted by Gasteiger charge is -2.32. The van der Waals surface area contributed by atoms with Crippen molar-refractivity contribution in [3.63, 3.8) is 0 Å². The van der Waals surface area contributed by atoms with Crippen molar-refractivity contribution in [1.29, 1.82) is 0 Å². The van der Waals surface area contributed by atoms with E-state index in [2.05, 4.69) is 6.58 Å². The summed E-state index contributed by atoms with van der Waals surface area (Å²) in [5, 5.41) is 0.430. The first-order chi connectivity index (χ1) is 8.07. The van der Waals surface area contributed by atoms with Gasteiger partial charge in [-0.05, 0) is 52.2 Å². The molecule has 0 aromatic rings. The Balaban J connectivity index is 2.91. The van der Waals surface area contributed by atoms with E-state index in [9.17, 15) is 0 Å². The van der Waals surface area contributed by atoms with Crippen LogP contribution in [0.1, 0.15) is 34.6 Å². The Labute approximate surface area is 115 Å². The molecule has 5 heteroatoms. The second kappa shape index (κ2) is 5.12. The molecule has 18 heavy (non-hydrogen) atoms. The second-order valence-electron chi connectivity index (χ2n) is 5.51. The molecule has 0 saturated carbocycles. The zero-order valence-corrected chi connectivity index (χ0v) is 12.5. The van der Waals surface area contributed by atoms with Gasteiger partial charge >= 0.3 is 7.12 Å². The summed E-state index contributed by atoms with van der Waals surface area (Å²) < 4.78 is 11.8. The number of hydrogen-bond acceptors (Lipinski definition) is 3. The number of nitrogens with two attached hydrogens (primary N) is 1. The van der Waals surface area contributed by atoms with E-state index in [0.29, 0.717) is 10.7 Å². The van der Waals surface area contributed by atoms with Crippen LogP contribution in [-0.4, -0.2) is 18.3 Å². The molecule has 0 aliphatic carbocycles. The van der Waals surface area contributed by atoms with E-state index in [1.54, 1.807) is 12.2 Å². The molecule has 1 rings (SSSR count). The van der Waals surface area contributed by atoms with Gasteiger partial charge in [0.25, 0.3) is 0 Å². The first-order valence-electron chi connectivity index (χ1n) is 5.91. The van der Waals surface area contributed by atoms with E-state index in [1.807, 2.05) is 34.6 Å². The van der Waals surface area contributed by atoms with Crippen molar-refractivity contribution in [2.75, 3.05) is 0 Å². The summed E-state index contributed by atoms with van der Waals surface area (Å²) in [6.07, 6.45) is 3.35. The minimum absolute atomic E-state index is 0.362. The molecule has 1 saturated heterocycles. The molecule has 0 bridgehead atoms. The highest BCUT2D eigenvalue weighted by atomic mass is 35.5. The van der Waals surface area contributed by atoms with Crippen LogP contribution in [-0.2, 0) is 9.31 Å². The molecule has 3 nitrogen and oxygen atoms in total. The fourth-order valence-corrected chi connectivity index (χ4v) is 1.53. The number of allylic oxidation sites excluding steroid dienone is 4. The van der Waals surface area contributed by atoms with Crippen LogP contribution in [0.5, 0.6) is 0 Å². The molecule has 0 amide bonds. The second-order valence-corrected chi connectivity index (χ2v) is 5.99. The summed E-state index contributed by atoms with van der Waals surface area (Å²) in [6, 6.07) is 0. The maximum absolute atomic E-state index is 5.96. The summed E-state index contributed by atoms with van der Waals surface area (Å²) in [4.78, 5) is 0. The Morgan fingerprint density at radius 1 is 1.17 bits per heavy atom. The highest BCUT2D eigenvalue weighted by Gasteiger charge is 2.51. The maximum Gasteiger partial charge on any atom is 0.492 e. The van der Waals surface area contributed by atoms with Gasteiger partial charge in [0.05, 0.1) is 11.2 Å². The van der Waals surface area contributed by atoms with Gasteiger partial charge in [0, 0.05) is 10.7 Å². The van der Waals surface area contributed by atoms with Crippen LogP contribution in [0.2, 0.25) is 0 Å². The monoisotopic (exact) mass is 269 g/mol. The average Bonchev–Trinajstić information content (AvgIpc) is 2.43. The summed E-state index contributed by atoms with van der Waals surface area (Å²) >= 11 is 5.65. The molecule has 0 aromatic heterocycles. The van der Waals surface area contributed by atoms with Crippen LogP contribution in [0.4, 0.5) is 0 Å². The average molecular weight is 270 g/mol. The van der Waals surface area contributed by atoms with E-state index < -0.39 is 7.12 Å². The Morgan fingerprint density at radius 2 is 1.61 bits per heavy atom. The highest BCUT2D eigenvalue weighted by molar-refractivity contribution is 6.54. The molecule has 1 heterocycles. The molecule has 0 radical (unpaired) electrons. The van der Waals surface area contributed by atoms with Gasteiger partial charge in [-0.2, -0.15) is 0 Å². The van der Waals surface area contributed by atoms with Gasteiger partial charge in [0.2, 0.25) is 0 Å². The first kappa shape index (κ1) is 15.4. The Bertz CT molecular complexity index is 397. The lowest BCUT2D eigenvalue weighted by Crippen LogP contribution is -2.41. The zero-order chi connectivity index (χ0) is 14.1. The van der Waals surface area contributed by atoms with Crippen LogP contribution >= 0.6 is 11.6 Å². The van der Waals surface area contributed by atoms with Crippen LogP contribution in [0.25, 0.3) is 0 Å². The Morgan fingerprint density at radius 3 is 2.00 bits per heavy atom. The van der Waals surface area contributed by atoms with Crippen molar-refractivity contribution in [3.05, 3.63) is 34.9 Å². The number of hydrogen-bond donors (Lipinski definition) is 1. The molecular formula is C13H21BClNO2. The third-order valence-electron chi connectivity index (χ3n) is 3.51. The number of rotatable bonds is 3. The van der Waals surface area contributed by atoms with Crippen molar-refractivity contribution < 1.29 is 9.31 Å². The standard InChI is InChI=1S/C13H21BClNO2/c1-9(15)7-8-11(16)10(2)14-17-12(3,4)13(5,6)18-14/h7-8H,1,16H2,2-6H3/b8-7-,11-10-. The van der Waals surface area contributed by atoms with Crippen LogP contribution < -0.4 is 5.73 Å². The van der Waals surface area contributed by atoms with Crippen LogP contribution in [0, 0.1) is 0 Å². The molecule has 1 aliphatic rings. The van der Waals surface area contributed by atoms with E-state index in [4.69, 9.17) is 26.6 Å². The molecule has 0 atom stereocenters. The molecule has 1 aliphatic heterocycles. The summed E-state index contributed by atoms with van der Waals surface area (Å²) in [5.74, 6) is 0. The van der Waals surface area contributed by atoms with Crippen molar-refractivity contribution in [3.8, 4) is 0 Å². The largest absolute Gasteiger partial charge is 0.492 e. The van der Waals surface area contributed by atoms with Gasteiger partial charge in [0.15, 0.2) is 0 Å². The summed E-state index contributed by atoms with van der Waals surface area (Å²) in [6.45, 7) is 13.5. The van der Waals surface area contributed by atoms with Gasteiger partial charge in [-0.1, -0.05) is 18.2 Å². The smallest absolute Gasteiger partial charge is 0.400 e. The van der Waals surface area contributed by atoms with Gasteiger partial charge < -0.3 is 15.0 Å². The molecule has 2 N–H and O–H groups in total. The minimum atomic E-state index is -0.428. The van der Waals surface area contributed by atoms with Gasteiger partial charge in [-0.3, -0.25) is 0 Å². The Hall–Kier alpha value is -0.705. The lowest BCUT2D eigenvalue weighted by atomic mass is 9.78. The van der Waals surface area contributed by atoms with Crippen LogP contribution in [0.3, 0.4) is 0 Å². The quantitative estimate of drug-likeness (QED) is 0.632. The summed E-state index contributed by atoms with van der Waals surface area (Å²) in [7, 11) is -0.428. The maximum atomic E-state index is 5.96. The van der Waals surface area contributed by atoms with Gasteiger partial charge in [0.1, 0.15) is 0 Å². The normalized spacial score (nSPS) is 23.3. The molecule has 0 aromatic carbocycles. The predicted octanol–water partition coefficient (Wildman–Crippen LogP) is 3.16. The minimum Gasteiger partial charge on any atom is -0.400 e. The number of halogens is 1. The van der Waals surface area contributed by atoms with Crippen LogP contribution in [0.15, 0.2) is 34.9 Å². The van der Waals surface area contributed by atoms with E-state index in [1.165, 1.54) is 0 Å². The molecule has 1 fully saturated rings.